The zero-order valence-corrected chi connectivity index (χ0v) is 23.7. The zero-order valence-electron chi connectivity index (χ0n) is 22.1. The second kappa shape index (κ2) is 12.2. The summed E-state index contributed by atoms with van der Waals surface area (Å²) in [6, 6.07) is 11.7. The van der Waals surface area contributed by atoms with Gasteiger partial charge in [-0.05, 0) is 55.9 Å². The number of carbonyl (C=O) groups excluding carboxylic acids is 2. The minimum atomic E-state index is -3.68. The second-order valence-corrected chi connectivity index (χ2v) is 12.3. The number of halogens is 1. The summed E-state index contributed by atoms with van der Waals surface area (Å²) in [5.41, 5.74) is 3.55. The van der Waals surface area contributed by atoms with Crippen molar-refractivity contribution in [1.29, 1.82) is 5.26 Å². The number of nitrogens with zero attached hydrogens (tertiary/aromatic N) is 4. The van der Waals surface area contributed by atoms with Crippen molar-refractivity contribution < 1.29 is 18.0 Å². The van der Waals surface area contributed by atoms with Gasteiger partial charge in [0.1, 0.15) is 11.7 Å². The molecule has 9 nitrogen and oxygen atoms in total. The SMILES string of the molecule is Cn1c(CCCCCCc2cccc(Cl)c2)c(C(=O)N2CC[C@H](C(=O)NS(C)(=O)=O)C2)c2cc(C#N)cnc21. The largest absolute Gasteiger partial charge is 0.338 e. The number of benzene rings is 1. The van der Waals surface area contributed by atoms with Gasteiger partial charge in [0.2, 0.25) is 15.9 Å². The summed E-state index contributed by atoms with van der Waals surface area (Å²) in [5, 5.41) is 10.8. The van der Waals surface area contributed by atoms with E-state index in [1.54, 1.807) is 11.0 Å². The first-order valence-corrected chi connectivity index (χ1v) is 15.3. The smallest absolute Gasteiger partial charge is 0.256 e. The molecule has 2 amide bonds. The average Bonchev–Trinajstić information content (AvgIpc) is 3.48. The Balaban J connectivity index is 1.48. The number of sulfonamides is 1. The number of hydrogen-bond donors (Lipinski definition) is 1. The number of aryl methyl sites for hydroxylation is 2. The molecule has 0 bridgehead atoms. The van der Waals surface area contributed by atoms with E-state index in [-0.39, 0.29) is 12.5 Å². The quantitative estimate of drug-likeness (QED) is 0.368. The fraction of sp³-hybridized carbons (Fsp3) is 0.429. The van der Waals surface area contributed by atoms with Gasteiger partial charge in [-0.3, -0.25) is 14.3 Å². The molecule has 0 aliphatic carbocycles. The average molecular weight is 570 g/mol. The van der Waals surface area contributed by atoms with E-state index in [1.807, 2.05) is 34.5 Å². The van der Waals surface area contributed by atoms with Gasteiger partial charge in [0.15, 0.2) is 0 Å². The molecule has 3 aromatic rings. The first kappa shape index (κ1) is 28.6. The summed E-state index contributed by atoms with van der Waals surface area (Å²) in [5.74, 6) is -1.44. The van der Waals surface area contributed by atoms with Gasteiger partial charge in [-0.1, -0.05) is 36.6 Å². The molecule has 1 saturated heterocycles. The second-order valence-electron chi connectivity index (χ2n) is 10.1. The Labute approximate surface area is 233 Å². The van der Waals surface area contributed by atoms with Crippen LogP contribution in [-0.2, 0) is 34.7 Å². The van der Waals surface area contributed by atoms with Gasteiger partial charge in [0.05, 0.1) is 23.3 Å². The molecule has 1 N–H and O–H groups in total. The first-order chi connectivity index (χ1) is 18.6. The number of aromatic nitrogens is 2. The fourth-order valence-electron chi connectivity index (χ4n) is 5.20. The van der Waals surface area contributed by atoms with Crippen LogP contribution in [0.4, 0.5) is 0 Å². The number of carbonyl (C=O) groups is 2. The molecular formula is C28H32ClN5O4S. The molecule has 1 aliphatic rings. The lowest BCUT2D eigenvalue weighted by Crippen LogP contribution is -2.37. The molecular weight excluding hydrogens is 538 g/mol. The van der Waals surface area contributed by atoms with Crippen LogP contribution in [0.25, 0.3) is 11.0 Å². The minimum Gasteiger partial charge on any atom is -0.338 e. The van der Waals surface area contributed by atoms with Crippen LogP contribution in [-0.4, -0.2) is 54.0 Å². The van der Waals surface area contributed by atoms with Crippen LogP contribution < -0.4 is 4.72 Å². The van der Waals surface area contributed by atoms with Crippen molar-refractivity contribution in [2.75, 3.05) is 19.3 Å². The van der Waals surface area contributed by atoms with Gasteiger partial charge in [0.25, 0.3) is 5.91 Å². The Bertz CT molecular complexity index is 1540. The van der Waals surface area contributed by atoms with Crippen LogP contribution in [0.2, 0.25) is 5.02 Å². The molecule has 1 fully saturated rings. The number of unbranched alkanes of at least 4 members (excludes halogenated alkanes) is 3. The minimum absolute atomic E-state index is 0.130. The molecule has 1 atom stereocenters. The highest BCUT2D eigenvalue weighted by Gasteiger charge is 2.35. The summed E-state index contributed by atoms with van der Waals surface area (Å²) in [6.45, 7) is 0.469. The molecule has 3 heterocycles. The third-order valence-electron chi connectivity index (χ3n) is 7.14. The van der Waals surface area contributed by atoms with Crippen molar-refractivity contribution in [1.82, 2.24) is 19.2 Å². The maximum absolute atomic E-state index is 13.8. The fourth-order valence-corrected chi connectivity index (χ4v) is 5.95. The number of pyridine rings is 1. The van der Waals surface area contributed by atoms with Crippen LogP contribution in [0, 0.1) is 17.2 Å². The van der Waals surface area contributed by atoms with E-state index in [0.29, 0.717) is 41.5 Å². The number of nitrogens with one attached hydrogen (secondary N) is 1. The summed E-state index contributed by atoms with van der Waals surface area (Å²) in [4.78, 5) is 32.2. The van der Waals surface area contributed by atoms with Gasteiger partial charge in [-0.25, -0.2) is 13.4 Å². The predicted molar refractivity (Wildman–Crippen MR) is 150 cm³/mol. The first-order valence-electron chi connectivity index (χ1n) is 13.0. The Hall–Kier alpha value is -3.42. The Morgan fingerprint density at radius 3 is 2.62 bits per heavy atom. The van der Waals surface area contributed by atoms with E-state index >= 15 is 0 Å². The number of likely N-dealkylation sites (tertiary alicyclic amines) is 1. The van der Waals surface area contributed by atoms with Crippen LogP contribution in [0.1, 0.15) is 59.3 Å². The number of fused-ring (bicyclic) bond motifs is 1. The van der Waals surface area contributed by atoms with Crippen LogP contribution in [0.15, 0.2) is 36.5 Å². The topological polar surface area (TPSA) is 125 Å². The van der Waals surface area contributed by atoms with Crippen molar-refractivity contribution in [2.45, 2.75) is 44.9 Å². The number of amides is 2. The maximum Gasteiger partial charge on any atom is 0.256 e. The van der Waals surface area contributed by atoms with Gasteiger partial charge in [0, 0.05) is 42.4 Å². The molecule has 0 unspecified atom stereocenters. The Morgan fingerprint density at radius 2 is 1.92 bits per heavy atom. The van der Waals surface area contributed by atoms with E-state index in [4.69, 9.17) is 11.6 Å². The highest BCUT2D eigenvalue weighted by atomic mass is 35.5. The van der Waals surface area contributed by atoms with E-state index in [9.17, 15) is 23.3 Å². The van der Waals surface area contributed by atoms with Crippen molar-refractivity contribution in [3.8, 4) is 6.07 Å². The zero-order chi connectivity index (χ0) is 28.2. The lowest BCUT2D eigenvalue weighted by Gasteiger charge is -2.18. The number of nitriles is 1. The Morgan fingerprint density at radius 1 is 1.18 bits per heavy atom. The highest BCUT2D eigenvalue weighted by molar-refractivity contribution is 7.89. The predicted octanol–water partition coefficient (Wildman–Crippen LogP) is 3.98. The van der Waals surface area contributed by atoms with Crippen molar-refractivity contribution in [3.63, 3.8) is 0 Å². The summed E-state index contributed by atoms with van der Waals surface area (Å²) in [6.07, 6.45) is 8.38. The van der Waals surface area contributed by atoms with E-state index in [1.165, 1.54) is 11.8 Å². The molecule has 0 saturated carbocycles. The molecule has 0 spiro atoms. The number of rotatable bonds is 10. The van der Waals surface area contributed by atoms with Gasteiger partial charge in [-0.15, -0.1) is 0 Å². The van der Waals surface area contributed by atoms with Crippen LogP contribution in [0.5, 0.6) is 0 Å². The molecule has 1 aliphatic heterocycles. The van der Waals surface area contributed by atoms with Gasteiger partial charge >= 0.3 is 0 Å². The summed E-state index contributed by atoms with van der Waals surface area (Å²) < 4.78 is 26.9. The molecule has 1 aromatic carbocycles. The number of hydrogen-bond acceptors (Lipinski definition) is 6. The Kier molecular flexibility index (Phi) is 8.93. The lowest BCUT2D eigenvalue weighted by atomic mass is 10.0. The monoisotopic (exact) mass is 569 g/mol. The molecule has 11 heteroatoms. The van der Waals surface area contributed by atoms with E-state index < -0.39 is 21.8 Å². The third kappa shape index (κ3) is 6.97. The molecule has 0 radical (unpaired) electrons. The molecule has 2 aromatic heterocycles. The molecule has 4 rings (SSSR count). The summed E-state index contributed by atoms with van der Waals surface area (Å²) in [7, 11) is -1.80. The maximum atomic E-state index is 13.8. The third-order valence-corrected chi connectivity index (χ3v) is 7.95. The van der Waals surface area contributed by atoms with Crippen molar-refractivity contribution in [2.24, 2.45) is 13.0 Å². The van der Waals surface area contributed by atoms with Crippen molar-refractivity contribution >= 4 is 44.5 Å². The van der Waals surface area contributed by atoms with Crippen LogP contribution in [0.3, 0.4) is 0 Å². The molecule has 39 heavy (non-hydrogen) atoms. The molecule has 206 valence electrons. The van der Waals surface area contributed by atoms with Gasteiger partial charge in [-0.2, -0.15) is 5.26 Å². The van der Waals surface area contributed by atoms with Crippen molar-refractivity contribution in [3.05, 3.63) is 63.9 Å². The standard InChI is InChI=1S/C28H32ClN5O4S/c1-33-24(11-6-4-3-5-8-19-9-7-10-22(29)14-19)25(23-15-20(16-30)17-31-26(23)33)28(36)34-13-12-21(18-34)27(35)32-39(2,37)38/h7,9-10,14-15,17,21H,3-6,8,11-13,18H2,1-2H3,(H,32,35)/t21-/m0/s1. The normalized spacial score (nSPS) is 15.4. The highest BCUT2D eigenvalue weighted by Crippen LogP contribution is 2.30. The van der Waals surface area contributed by atoms with Crippen LogP contribution >= 0.6 is 11.6 Å². The van der Waals surface area contributed by atoms with Gasteiger partial charge < -0.3 is 9.47 Å². The summed E-state index contributed by atoms with van der Waals surface area (Å²) >= 11 is 6.08. The van der Waals surface area contributed by atoms with E-state index in [2.05, 4.69) is 17.1 Å². The lowest BCUT2D eigenvalue weighted by molar-refractivity contribution is -0.122. The van der Waals surface area contributed by atoms with E-state index in [0.717, 1.165) is 49.1 Å².